The monoisotopic (exact) mass is 319 g/mol. The summed E-state index contributed by atoms with van der Waals surface area (Å²) in [5, 5.41) is 12.1. The Balaban J connectivity index is 1.86. The van der Waals surface area contributed by atoms with Gasteiger partial charge in [0.25, 0.3) is 0 Å². The summed E-state index contributed by atoms with van der Waals surface area (Å²) in [6.45, 7) is 3.16. The van der Waals surface area contributed by atoms with Crippen LogP contribution in [0.1, 0.15) is 44.6 Å². The number of amides is 1. The van der Waals surface area contributed by atoms with E-state index in [-0.39, 0.29) is 5.91 Å². The van der Waals surface area contributed by atoms with Gasteiger partial charge >= 0.3 is 5.97 Å². The summed E-state index contributed by atoms with van der Waals surface area (Å²) in [6.07, 6.45) is 4.03. The van der Waals surface area contributed by atoms with Crippen LogP contribution < -0.4 is 10.1 Å². The second kappa shape index (κ2) is 8.56. The first-order chi connectivity index (χ1) is 11.1. The number of carbonyl (C=O) groups is 2. The second-order valence-electron chi connectivity index (χ2n) is 6.05. The molecular weight excluding hydrogens is 294 g/mol. The second-order valence-corrected chi connectivity index (χ2v) is 6.05. The average Bonchev–Trinajstić information content (AvgIpc) is 2.58. The number of benzene rings is 1. The van der Waals surface area contributed by atoms with Gasteiger partial charge in [-0.25, -0.2) is 0 Å². The van der Waals surface area contributed by atoms with Crippen LogP contribution in [0.4, 0.5) is 0 Å². The van der Waals surface area contributed by atoms with Crippen LogP contribution in [-0.4, -0.2) is 23.6 Å². The van der Waals surface area contributed by atoms with Gasteiger partial charge in [0.2, 0.25) is 5.91 Å². The van der Waals surface area contributed by atoms with Crippen LogP contribution in [0.25, 0.3) is 0 Å². The van der Waals surface area contributed by atoms with Gasteiger partial charge in [-0.1, -0.05) is 31.9 Å². The number of aliphatic carboxylic acids is 1. The summed E-state index contributed by atoms with van der Waals surface area (Å²) < 4.78 is 5.52. The SMILES string of the molecule is CCCOc1ccc(CNC(=O)C2CCCCC2C(=O)O)cc1. The van der Waals surface area contributed by atoms with Crippen molar-refractivity contribution in [1.29, 1.82) is 0 Å². The van der Waals surface area contributed by atoms with Crippen molar-refractivity contribution >= 4 is 11.9 Å². The molecule has 2 unspecified atom stereocenters. The van der Waals surface area contributed by atoms with Crippen LogP contribution in [0, 0.1) is 11.8 Å². The third-order valence-electron chi connectivity index (χ3n) is 4.28. The van der Waals surface area contributed by atoms with Crippen molar-refractivity contribution < 1.29 is 19.4 Å². The molecule has 1 aliphatic carbocycles. The first kappa shape index (κ1) is 17.3. The first-order valence-electron chi connectivity index (χ1n) is 8.34. The highest BCUT2D eigenvalue weighted by Crippen LogP contribution is 2.30. The van der Waals surface area contributed by atoms with Crippen LogP contribution in [0.5, 0.6) is 5.75 Å². The number of hydrogen-bond acceptors (Lipinski definition) is 3. The van der Waals surface area contributed by atoms with Gasteiger partial charge in [-0.2, -0.15) is 0 Å². The molecule has 0 radical (unpaired) electrons. The smallest absolute Gasteiger partial charge is 0.307 e. The molecule has 0 bridgehead atoms. The molecule has 1 saturated carbocycles. The van der Waals surface area contributed by atoms with E-state index in [1.807, 2.05) is 24.3 Å². The zero-order chi connectivity index (χ0) is 16.7. The average molecular weight is 319 g/mol. The van der Waals surface area contributed by atoms with Gasteiger partial charge in [0, 0.05) is 6.54 Å². The molecule has 0 spiro atoms. The maximum Gasteiger partial charge on any atom is 0.307 e. The third kappa shape index (κ3) is 4.98. The van der Waals surface area contributed by atoms with Crippen molar-refractivity contribution in [2.45, 2.75) is 45.6 Å². The van der Waals surface area contributed by atoms with E-state index < -0.39 is 17.8 Å². The van der Waals surface area contributed by atoms with Gasteiger partial charge in [0.1, 0.15) is 5.75 Å². The number of hydrogen-bond donors (Lipinski definition) is 2. The fourth-order valence-corrected chi connectivity index (χ4v) is 2.98. The number of carbonyl (C=O) groups excluding carboxylic acids is 1. The van der Waals surface area contributed by atoms with E-state index in [1.54, 1.807) is 0 Å². The van der Waals surface area contributed by atoms with Crippen LogP contribution in [-0.2, 0) is 16.1 Å². The molecule has 1 fully saturated rings. The van der Waals surface area contributed by atoms with Crippen molar-refractivity contribution in [3.8, 4) is 5.75 Å². The highest BCUT2D eigenvalue weighted by Gasteiger charge is 2.35. The highest BCUT2D eigenvalue weighted by atomic mass is 16.5. The molecule has 5 heteroatoms. The molecule has 2 atom stereocenters. The van der Waals surface area contributed by atoms with Gasteiger partial charge < -0.3 is 15.2 Å². The number of carboxylic acids is 1. The number of nitrogens with one attached hydrogen (secondary N) is 1. The van der Waals surface area contributed by atoms with Gasteiger partial charge in [-0.15, -0.1) is 0 Å². The van der Waals surface area contributed by atoms with Crippen molar-refractivity contribution in [2.24, 2.45) is 11.8 Å². The lowest BCUT2D eigenvalue weighted by molar-refractivity contribution is -0.148. The molecule has 23 heavy (non-hydrogen) atoms. The third-order valence-corrected chi connectivity index (χ3v) is 4.28. The maximum absolute atomic E-state index is 12.3. The summed E-state index contributed by atoms with van der Waals surface area (Å²) in [5.41, 5.74) is 0.977. The molecule has 1 amide bonds. The summed E-state index contributed by atoms with van der Waals surface area (Å²) in [4.78, 5) is 23.6. The van der Waals surface area contributed by atoms with Crippen LogP contribution >= 0.6 is 0 Å². The van der Waals surface area contributed by atoms with Gasteiger partial charge in [0.15, 0.2) is 0 Å². The Bertz CT molecular complexity index is 526. The minimum absolute atomic E-state index is 0.150. The molecule has 126 valence electrons. The minimum Gasteiger partial charge on any atom is -0.494 e. The Kier molecular flexibility index (Phi) is 6.44. The van der Waals surface area contributed by atoms with Crippen molar-refractivity contribution in [3.63, 3.8) is 0 Å². The van der Waals surface area contributed by atoms with E-state index in [0.717, 1.165) is 30.6 Å². The Morgan fingerprint density at radius 1 is 1.17 bits per heavy atom. The van der Waals surface area contributed by atoms with E-state index >= 15 is 0 Å². The molecule has 0 aromatic heterocycles. The Labute approximate surface area is 137 Å². The Morgan fingerprint density at radius 2 is 1.83 bits per heavy atom. The maximum atomic E-state index is 12.3. The number of rotatable bonds is 7. The molecule has 5 nitrogen and oxygen atoms in total. The van der Waals surface area contributed by atoms with Gasteiger partial charge in [0.05, 0.1) is 18.4 Å². The lowest BCUT2D eigenvalue weighted by Crippen LogP contribution is -2.39. The van der Waals surface area contributed by atoms with Crippen molar-refractivity contribution in [2.75, 3.05) is 6.61 Å². The molecule has 2 rings (SSSR count). The van der Waals surface area contributed by atoms with E-state index in [4.69, 9.17) is 4.74 Å². The fraction of sp³-hybridized carbons (Fsp3) is 0.556. The van der Waals surface area contributed by atoms with Crippen molar-refractivity contribution in [1.82, 2.24) is 5.32 Å². The van der Waals surface area contributed by atoms with E-state index in [2.05, 4.69) is 12.2 Å². The quantitative estimate of drug-likeness (QED) is 0.810. The number of ether oxygens (including phenoxy) is 1. The van der Waals surface area contributed by atoms with Crippen LogP contribution in [0.2, 0.25) is 0 Å². The standard InChI is InChI=1S/C18H25NO4/c1-2-11-23-14-9-7-13(8-10-14)12-19-17(20)15-5-3-4-6-16(15)18(21)22/h7-10,15-16H,2-6,11-12H2,1H3,(H,19,20)(H,21,22). The molecule has 2 N–H and O–H groups in total. The first-order valence-corrected chi connectivity index (χ1v) is 8.34. The predicted octanol–water partition coefficient (Wildman–Crippen LogP) is 2.98. The van der Waals surface area contributed by atoms with Crippen molar-refractivity contribution in [3.05, 3.63) is 29.8 Å². The molecule has 0 saturated heterocycles. The zero-order valence-electron chi connectivity index (χ0n) is 13.6. The lowest BCUT2D eigenvalue weighted by Gasteiger charge is -2.27. The zero-order valence-corrected chi connectivity index (χ0v) is 13.6. The summed E-state index contributed by atoms with van der Waals surface area (Å²) >= 11 is 0. The highest BCUT2D eigenvalue weighted by molar-refractivity contribution is 5.84. The Morgan fingerprint density at radius 3 is 2.43 bits per heavy atom. The molecule has 1 aromatic rings. The molecule has 1 aliphatic rings. The number of carboxylic acid groups (broad SMARTS) is 1. The summed E-state index contributed by atoms with van der Waals surface area (Å²) in [5.74, 6) is -1.15. The van der Waals surface area contributed by atoms with Gasteiger partial charge in [-0.3, -0.25) is 9.59 Å². The topological polar surface area (TPSA) is 75.6 Å². The molecular formula is C18H25NO4. The van der Waals surface area contributed by atoms with E-state index in [0.29, 0.717) is 26.0 Å². The van der Waals surface area contributed by atoms with Gasteiger partial charge in [-0.05, 0) is 37.0 Å². The minimum atomic E-state index is -0.859. The predicted molar refractivity (Wildman–Crippen MR) is 87.2 cm³/mol. The molecule has 1 aromatic carbocycles. The molecule has 0 aliphatic heterocycles. The lowest BCUT2D eigenvalue weighted by atomic mass is 9.78. The summed E-state index contributed by atoms with van der Waals surface area (Å²) in [6, 6.07) is 7.61. The fourth-order valence-electron chi connectivity index (χ4n) is 2.98. The normalized spacial score (nSPS) is 20.7. The summed E-state index contributed by atoms with van der Waals surface area (Å²) in [7, 11) is 0. The Hall–Kier alpha value is -2.04. The van der Waals surface area contributed by atoms with E-state index in [9.17, 15) is 14.7 Å². The largest absolute Gasteiger partial charge is 0.494 e. The van der Waals surface area contributed by atoms with Crippen LogP contribution in [0.15, 0.2) is 24.3 Å². The molecule has 0 heterocycles. The van der Waals surface area contributed by atoms with Crippen LogP contribution in [0.3, 0.4) is 0 Å². The van der Waals surface area contributed by atoms with E-state index in [1.165, 1.54) is 0 Å².